The van der Waals surface area contributed by atoms with Gasteiger partial charge in [-0.3, -0.25) is 20.2 Å². The van der Waals surface area contributed by atoms with Gasteiger partial charge < -0.3 is 14.4 Å². The predicted octanol–water partition coefficient (Wildman–Crippen LogP) is 4.74. The average molecular weight is 571 g/mol. The zero-order valence-corrected chi connectivity index (χ0v) is 21.7. The third kappa shape index (κ3) is 4.95. The third-order valence-corrected chi connectivity index (χ3v) is 6.84. The van der Waals surface area contributed by atoms with E-state index in [1.807, 2.05) is 29.2 Å². The number of anilines is 2. The number of para-hydroxylation sites is 3. The molecule has 1 saturated heterocycles. The number of pyridine rings is 1. The molecule has 40 heavy (non-hydrogen) atoms. The first-order valence-electron chi connectivity index (χ1n) is 12.5. The van der Waals surface area contributed by atoms with E-state index in [9.17, 15) is 18.0 Å². The molecule has 0 saturated carbocycles. The fourth-order valence-electron chi connectivity index (χ4n) is 4.88. The van der Waals surface area contributed by atoms with Crippen LogP contribution in [-0.4, -0.2) is 60.3 Å². The fourth-order valence-corrected chi connectivity index (χ4v) is 5.06. The van der Waals surface area contributed by atoms with Gasteiger partial charge in [-0.15, -0.1) is 0 Å². The monoisotopic (exact) mass is 570 g/mol. The lowest BCUT2D eigenvalue weighted by atomic mass is 10.0. The molecule has 6 rings (SSSR count). The zero-order chi connectivity index (χ0) is 27.9. The van der Waals surface area contributed by atoms with Gasteiger partial charge in [0.05, 0.1) is 47.9 Å². The molecule has 0 bridgehead atoms. The largest absolute Gasteiger partial charge is 0.489 e. The molecule has 13 heteroatoms. The molecular weight excluding hydrogens is 549 g/mol. The molecule has 4 heterocycles. The minimum atomic E-state index is -4.71. The van der Waals surface area contributed by atoms with Crippen molar-refractivity contribution < 1.29 is 27.4 Å². The summed E-state index contributed by atoms with van der Waals surface area (Å²) in [5.74, 6) is 0.271. The van der Waals surface area contributed by atoms with Crippen LogP contribution in [0.15, 0.2) is 54.7 Å². The van der Waals surface area contributed by atoms with Crippen molar-refractivity contribution in [2.24, 2.45) is 0 Å². The molecule has 2 aromatic carbocycles. The molecule has 0 radical (unpaired) electrons. The van der Waals surface area contributed by atoms with Crippen LogP contribution in [0.1, 0.15) is 16.1 Å². The standard InChI is InChI=1S/C27H22ClF3N6O3/c28-26-33-19(14-22(34-26)27(29,30)31)16-4-3-5-17-23(16)32-15-18(24(17)36-8-11-39-12-9-36)25(38)35-37-10-13-40-21-7-2-1-6-20(21)37/h1-7,14-15H,8-13H2,(H,35,38). The van der Waals surface area contributed by atoms with E-state index in [-0.39, 0.29) is 11.6 Å². The average Bonchev–Trinajstić information content (AvgIpc) is 2.96. The number of hydrazine groups is 1. The molecule has 1 fully saturated rings. The smallest absolute Gasteiger partial charge is 0.433 e. The topological polar surface area (TPSA) is 92.7 Å². The number of hydrogen-bond donors (Lipinski definition) is 1. The quantitative estimate of drug-likeness (QED) is 0.352. The van der Waals surface area contributed by atoms with E-state index in [1.54, 1.807) is 23.2 Å². The van der Waals surface area contributed by atoms with Crippen LogP contribution in [0.5, 0.6) is 5.75 Å². The number of ether oxygens (including phenoxy) is 2. The predicted molar refractivity (Wildman–Crippen MR) is 143 cm³/mol. The van der Waals surface area contributed by atoms with Gasteiger partial charge in [0, 0.05) is 30.2 Å². The molecule has 0 unspecified atom stereocenters. The highest BCUT2D eigenvalue weighted by Crippen LogP contribution is 2.37. The summed E-state index contributed by atoms with van der Waals surface area (Å²) in [5, 5.41) is 1.78. The van der Waals surface area contributed by atoms with Gasteiger partial charge in [0.15, 0.2) is 0 Å². The maximum absolute atomic E-state index is 13.7. The van der Waals surface area contributed by atoms with Crippen molar-refractivity contribution in [3.8, 4) is 17.0 Å². The first-order valence-corrected chi connectivity index (χ1v) is 12.8. The van der Waals surface area contributed by atoms with E-state index in [4.69, 9.17) is 21.1 Å². The molecule has 9 nitrogen and oxygen atoms in total. The summed E-state index contributed by atoms with van der Waals surface area (Å²) in [6.45, 7) is 2.78. The van der Waals surface area contributed by atoms with Gasteiger partial charge in [-0.05, 0) is 29.8 Å². The molecule has 206 valence electrons. The number of morpholine rings is 1. The van der Waals surface area contributed by atoms with Crippen molar-refractivity contribution in [2.45, 2.75) is 6.18 Å². The van der Waals surface area contributed by atoms with Crippen molar-refractivity contribution >= 4 is 39.8 Å². The maximum Gasteiger partial charge on any atom is 0.433 e. The fraction of sp³-hybridized carbons (Fsp3) is 0.259. The Morgan fingerprint density at radius 1 is 1.00 bits per heavy atom. The Hall–Kier alpha value is -4.16. The minimum Gasteiger partial charge on any atom is -0.489 e. The number of rotatable bonds is 4. The molecule has 1 N–H and O–H groups in total. The van der Waals surface area contributed by atoms with Gasteiger partial charge >= 0.3 is 6.18 Å². The number of benzene rings is 2. The van der Waals surface area contributed by atoms with Crippen molar-refractivity contribution in [3.05, 3.63) is 71.3 Å². The maximum atomic E-state index is 13.7. The molecule has 1 amide bonds. The van der Waals surface area contributed by atoms with Crippen LogP contribution in [0.3, 0.4) is 0 Å². The Kier molecular flexibility index (Phi) is 6.80. The summed E-state index contributed by atoms with van der Waals surface area (Å²) in [5.41, 5.74) is 4.13. The van der Waals surface area contributed by atoms with Crippen LogP contribution < -0.4 is 20.1 Å². The van der Waals surface area contributed by atoms with Crippen LogP contribution >= 0.6 is 11.6 Å². The summed E-state index contributed by atoms with van der Waals surface area (Å²) in [4.78, 5) is 27.7. The summed E-state index contributed by atoms with van der Waals surface area (Å²) in [6.07, 6.45) is -3.27. The summed E-state index contributed by atoms with van der Waals surface area (Å²) in [6, 6.07) is 13.3. The highest BCUT2D eigenvalue weighted by molar-refractivity contribution is 6.28. The normalized spacial score (nSPS) is 15.5. The molecule has 0 spiro atoms. The number of carbonyl (C=O) groups is 1. The molecule has 0 aliphatic carbocycles. The second-order valence-electron chi connectivity index (χ2n) is 9.14. The Bertz CT molecular complexity index is 1600. The Balaban J connectivity index is 1.46. The van der Waals surface area contributed by atoms with Crippen LogP contribution in [0.25, 0.3) is 22.2 Å². The van der Waals surface area contributed by atoms with Gasteiger partial charge in [-0.25, -0.2) is 9.97 Å². The zero-order valence-electron chi connectivity index (χ0n) is 20.9. The Morgan fingerprint density at radius 2 is 1.80 bits per heavy atom. The van der Waals surface area contributed by atoms with Gasteiger partial charge in [0.2, 0.25) is 5.28 Å². The van der Waals surface area contributed by atoms with Gasteiger partial charge in [-0.1, -0.05) is 30.3 Å². The SMILES string of the molecule is O=C(NN1CCOc2ccccc21)c1cnc2c(-c3cc(C(F)(F)F)nc(Cl)n3)cccc2c1N1CCOCC1. The summed E-state index contributed by atoms with van der Waals surface area (Å²) >= 11 is 5.87. The lowest BCUT2D eigenvalue weighted by molar-refractivity contribution is -0.141. The minimum absolute atomic E-state index is 0.0273. The van der Waals surface area contributed by atoms with E-state index in [2.05, 4.69) is 20.4 Å². The van der Waals surface area contributed by atoms with Crippen molar-refractivity contribution in [1.82, 2.24) is 20.4 Å². The van der Waals surface area contributed by atoms with Crippen LogP contribution in [0, 0.1) is 0 Å². The molecule has 2 aliphatic rings. The van der Waals surface area contributed by atoms with Gasteiger partial charge in [0.1, 0.15) is 18.1 Å². The van der Waals surface area contributed by atoms with E-state index in [1.165, 1.54) is 6.20 Å². The van der Waals surface area contributed by atoms with E-state index in [0.29, 0.717) is 72.9 Å². The first kappa shape index (κ1) is 26.1. The second kappa shape index (κ2) is 10.4. The summed E-state index contributed by atoms with van der Waals surface area (Å²) in [7, 11) is 0. The highest BCUT2D eigenvalue weighted by atomic mass is 35.5. The number of fused-ring (bicyclic) bond motifs is 2. The van der Waals surface area contributed by atoms with Crippen LogP contribution in [0.4, 0.5) is 24.5 Å². The number of alkyl halides is 3. The van der Waals surface area contributed by atoms with Crippen molar-refractivity contribution in [3.63, 3.8) is 0 Å². The Morgan fingerprint density at radius 3 is 2.60 bits per heavy atom. The van der Waals surface area contributed by atoms with Crippen LogP contribution in [-0.2, 0) is 10.9 Å². The number of halogens is 4. The van der Waals surface area contributed by atoms with Gasteiger partial charge in [-0.2, -0.15) is 13.2 Å². The lowest BCUT2D eigenvalue weighted by Gasteiger charge is -2.33. The number of hydrogen-bond acceptors (Lipinski definition) is 8. The number of nitrogens with zero attached hydrogens (tertiary/aromatic N) is 5. The van der Waals surface area contributed by atoms with E-state index in [0.717, 1.165) is 11.8 Å². The Labute approximate surface area is 231 Å². The lowest BCUT2D eigenvalue weighted by Crippen LogP contribution is -2.47. The van der Waals surface area contributed by atoms with E-state index >= 15 is 0 Å². The third-order valence-electron chi connectivity index (χ3n) is 6.67. The van der Waals surface area contributed by atoms with Crippen molar-refractivity contribution in [1.29, 1.82) is 0 Å². The van der Waals surface area contributed by atoms with E-state index < -0.39 is 17.2 Å². The number of carbonyl (C=O) groups excluding carboxylic acids is 1. The number of amides is 1. The number of aromatic nitrogens is 3. The molecular formula is C27H22ClF3N6O3. The number of nitrogens with one attached hydrogen (secondary N) is 1. The highest BCUT2D eigenvalue weighted by Gasteiger charge is 2.34. The van der Waals surface area contributed by atoms with Crippen molar-refractivity contribution in [2.75, 3.05) is 49.4 Å². The molecule has 2 aliphatic heterocycles. The summed E-state index contributed by atoms with van der Waals surface area (Å²) < 4.78 is 51.6. The molecule has 4 aromatic rings. The first-order chi connectivity index (χ1) is 19.3. The van der Waals surface area contributed by atoms with Gasteiger partial charge in [0.25, 0.3) is 5.91 Å². The molecule has 2 aromatic heterocycles. The second-order valence-corrected chi connectivity index (χ2v) is 9.47. The van der Waals surface area contributed by atoms with Crippen LogP contribution in [0.2, 0.25) is 5.28 Å². The molecule has 0 atom stereocenters.